The van der Waals surface area contributed by atoms with E-state index in [0.717, 1.165) is 0 Å². The number of carbonyl (C=O) groups excluding carboxylic acids is 3. The summed E-state index contributed by atoms with van der Waals surface area (Å²) in [5, 5.41) is 0.423. The summed E-state index contributed by atoms with van der Waals surface area (Å²) in [5.41, 5.74) is 6.06. The highest BCUT2D eigenvalue weighted by molar-refractivity contribution is 6.31. The molecule has 0 bridgehead atoms. The van der Waals surface area contributed by atoms with Gasteiger partial charge in [-0.25, -0.2) is 0 Å². The van der Waals surface area contributed by atoms with Gasteiger partial charge in [-0.3, -0.25) is 14.4 Å². The third-order valence-electron chi connectivity index (χ3n) is 3.16. The van der Waals surface area contributed by atoms with Crippen molar-refractivity contribution in [3.8, 4) is 0 Å². The van der Waals surface area contributed by atoms with Gasteiger partial charge in [0.1, 0.15) is 0 Å². The predicted octanol–water partition coefficient (Wildman–Crippen LogP) is 1.38. The number of Topliss-reactive ketones (excluding diaryl/α,β-unsaturated/α-hetero) is 1. The number of hydrogen-bond acceptors (Lipinski definition) is 3. The van der Waals surface area contributed by atoms with Crippen LogP contribution in [0.2, 0.25) is 5.02 Å². The maximum atomic E-state index is 11.9. The van der Waals surface area contributed by atoms with Gasteiger partial charge in [-0.05, 0) is 25.1 Å². The molecule has 2 N–H and O–H groups in total. The molecule has 1 fully saturated rings. The van der Waals surface area contributed by atoms with Crippen LogP contribution in [0.15, 0.2) is 18.2 Å². The van der Waals surface area contributed by atoms with Gasteiger partial charge in [-0.15, -0.1) is 0 Å². The fourth-order valence-electron chi connectivity index (χ4n) is 2.16. The molecule has 0 aromatic heterocycles. The van der Waals surface area contributed by atoms with Gasteiger partial charge in [-0.2, -0.15) is 0 Å². The number of amides is 2. The highest BCUT2D eigenvalue weighted by Crippen LogP contribution is 2.30. The van der Waals surface area contributed by atoms with Crippen LogP contribution >= 0.6 is 11.6 Å². The largest absolute Gasteiger partial charge is 0.369 e. The first-order valence-electron chi connectivity index (χ1n) is 5.80. The minimum atomic E-state index is -0.511. The van der Waals surface area contributed by atoms with Crippen LogP contribution in [0.3, 0.4) is 0 Å². The monoisotopic (exact) mass is 280 g/mol. The number of rotatable bonds is 3. The number of benzene rings is 1. The van der Waals surface area contributed by atoms with Crippen LogP contribution in [0, 0.1) is 5.92 Å². The van der Waals surface area contributed by atoms with Gasteiger partial charge in [0.05, 0.1) is 11.6 Å². The highest BCUT2D eigenvalue weighted by Gasteiger charge is 2.35. The van der Waals surface area contributed by atoms with E-state index in [1.54, 1.807) is 12.1 Å². The molecule has 1 aromatic rings. The van der Waals surface area contributed by atoms with Crippen LogP contribution in [0.5, 0.6) is 0 Å². The van der Waals surface area contributed by atoms with Crippen LogP contribution < -0.4 is 10.6 Å². The topological polar surface area (TPSA) is 80.5 Å². The predicted molar refractivity (Wildman–Crippen MR) is 71.1 cm³/mol. The normalized spacial score (nSPS) is 18.7. The Kier molecular flexibility index (Phi) is 3.57. The fraction of sp³-hybridized carbons (Fsp3) is 0.308. The van der Waals surface area contributed by atoms with Gasteiger partial charge in [0.15, 0.2) is 5.78 Å². The Morgan fingerprint density at radius 2 is 2.11 bits per heavy atom. The number of carbonyl (C=O) groups is 3. The Morgan fingerprint density at radius 1 is 1.42 bits per heavy atom. The average Bonchev–Trinajstić information content (AvgIpc) is 2.71. The number of ketones is 1. The second-order valence-corrected chi connectivity index (χ2v) is 4.96. The molecule has 0 spiro atoms. The second kappa shape index (κ2) is 5.01. The van der Waals surface area contributed by atoms with E-state index in [-0.39, 0.29) is 24.7 Å². The van der Waals surface area contributed by atoms with Crippen molar-refractivity contribution in [3.63, 3.8) is 0 Å². The number of halogens is 1. The molecular weight excluding hydrogens is 268 g/mol. The Hall–Kier alpha value is -1.88. The third-order valence-corrected chi connectivity index (χ3v) is 3.39. The van der Waals surface area contributed by atoms with Crippen molar-refractivity contribution in [1.82, 2.24) is 0 Å². The smallest absolute Gasteiger partial charge is 0.227 e. The first-order chi connectivity index (χ1) is 8.90. The Labute approximate surface area is 115 Å². The van der Waals surface area contributed by atoms with Gasteiger partial charge in [0.25, 0.3) is 0 Å². The molecule has 1 aromatic carbocycles. The van der Waals surface area contributed by atoms with E-state index < -0.39 is 11.8 Å². The molecular formula is C13H13ClN2O3. The number of hydrogen-bond donors (Lipinski definition) is 1. The average molecular weight is 281 g/mol. The highest BCUT2D eigenvalue weighted by atomic mass is 35.5. The first-order valence-corrected chi connectivity index (χ1v) is 6.18. The van der Waals surface area contributed by atoms with Crippen LogP contribution in [0.1, 0.15) is 23.7 Å². The van der Waals surface area contributed by atoms with Gasteiger partial charge >= 0.3 is 0 Å². The lowest BCUT2D eigenvalue weighted by Crippen LogP contribution is -2.29. The van der Waals surface area contributed by atoms with Gasteiger partial charge < -0.3 is 10.6 Å². The summed E-state index contributed by atoms with van der Waals surface area (Å²) in [5.74, 6) is -1.42. The minimum Gasteiger partial charge on any atom is -0.369 e. The molecule has 2 rings (SSSR count). The fourth-order valence-corrected chi connectivity index (χ4v) is 2.33. The lowest BCUT2D eigenvalue weighted by molar-refractivity contribution is -0.123. The van der Waals surface area contributed by atoms with E-state index in [4.69, 9.17) is 17.3 Å². The Bertz CT molecular complexity index is 571. The lowest BCUT2D eigenvalue weighted by Gasteiger charge is -2.19. The summed E-state index contributed by atoms with van der Waals surface area (Å²) in [7, 11) is 0. The first kappa shape index (κ1) is 13.5. The van der Waals surface area contributed by atoms with Crippen molar-refractivity contribution in [2.45, 2.75) is 13.3 Å². The third kappa shape index (κ3) is 2.61. The van der Waals surface area contributed by atoms with Crippen LogP contribution in [-0.2, 0) is 9.59 Å². The van der Waals surface area contributed by atoms with E-state index in [0.29, 0.717) is 16.3 Å². The van der Waals surface area contributed by atoms with Gasteiger partial charge in [0.2, 0.25) is 11.8 Å². The van der Waals surface area contributed by atoms with Crippen molar-refractivity contribution in [1.29, 1.82) is 0 Å². The zero-order chi connectivity index (χ0) is 14.2. The summed E-state index contributed by atoms with van der Waals surface area (Å²) in [6, 6.07) is 4.73. The molecule has 1 heterocycles. The number of anilines is 1. The molecule has 1 saturated heterocycles. The zero-order valence-electron chi connectivity index (χ0n) is 10.4. The van der Waals surface area contributed by atoms with Crippen LogP contribution in [0.4, 0.5) is 5.69 Å². The van der Waals surface area contributed by atoms with Gasteiger partial charge in [0, 0.05) is 23.6 Å². The van der Waals surface area contributed by atoms with Crippen LogP contribution in [-0.4, -0.2) is 24.1 Å². The number of primary amides is 1. The van der Waals surface area contributed by atoms with Crippen molar-refractivity contribution in [2.75, 3.05) is 11.4 Å². The molecule has 19 heavy (non-hydrogen) atoms. The molecule has 5 nitrogen and oxygen atoms in total. The van der Waals surface area contributed by atoms with E-state index in [9.17, 15) is 14.4 Å². The SMILES string of the molecule is CC(=O)c1cc(Cl)ccc1N1CC(C(N)=O)CC1=O. The summed E-state index contributed by atoms with van der Waals surface area (Å²) < 4.78 is 0. The lowest BCUT2D eigenvalue weighted by atomic mass is 10.1. The molecule has 2 amide bonds. The minimum absolute atomic E-state index is 0.0787. The summed E-state index contributed by atoms with van der Waals surface area (Å²) in [6.45, 7) is 1.61. The van der Waals surface area contributed by atoms with Gasteiger partial charge in [-0.1, -0.05) is 11.6 Å². The molecule has 1 unspecified atom stereocenters. The van der Waals surface area contributed by atoms with E-state index >= 15 is 0 Å². The Balaban J connectivity index is 2.40. The van der Waals surface area contributed by atoms with E-state index in [1.807, 2.05) is 0 Å². The molecule has 0 aliphatic carbocycles. The summed E-state index contributed by atoms with van der Waals surface area (Å²) in [4.78, 5) is 36.1. The van der Waals surface area contributed by atoms with Crippen molar-refractivity contribution < 1.29 is 14.4 Å². The summed E-state index contributed by atoms with van der Waals surface area (Å²) in [6.07, 6.45) is 0.0787. The molecule has 6 heteroatoms. The molecule has 1 atom stereocenters. The number of nitrogens with zero attached hydrogens (tertiary/aromatic N) is 1. The molecule has 0 saturated carbocycles. The maximum absolute atomic E-state index is 11.9. The Morgan fingerprint density at radius 3 is 2.63 bits per heavy atom. The van der Waals surface area contributed by atoms with E-state index in [2.05, 4.69) is 0 Å². The summed E-state index contributed by atoms with van der Waals surface area (Å²) >= 11 is 5.85. The second-order valence-electron chi connectivity index (χ2n) is 4.53. The molecule has 1 aliphatic heterocycles. The zero-order valence-corrected chi connectivity index (χ0v) is 11.1. The molecule has 100 valence electrons. The standard InChI is InChI=1S/C13H13ClN2O3/c1-7(17)10-5-9(14)2-3-11(10)16-6-8(13(15)19)4-12(16)18/h2-3,5,8H,4,6H2,1H3,(H2,15,19). The van der Waals surface area contributed by atoms with Crippen molar-refractivity contribution in [3.05, 3.63) is 28.8 Å². The maximum Gasteiger partial charge on any atom is 0.227 e. The quantitative estimate of drug-likeness (QED) is 0.850. The molecule has 1 aliphatic rings. The molecule has 0 radical (unpaired) electrons. The number of nitrogens with two attached hydrogens (primary N) is 1. The van der Waals surface area contributed by atoms with Crippen LogP contribution in [0.25, 0.3) is 0 Å². The van der Waals surface area contributed by atoms with Crippen molar-refractivity contribution >= 4 is 34.9 Å². The van der Waals surface area contributed by atoms with E-state index in [1.165, 1.54) is 17.9 Å². The van der Waals surface area contributed by atoms with Crippen molar-refractivity contribution in [2.24, 2.45) is 11.7 Å².